The Balaban J connectivity index is 1.89. The van der Waals surface area contributed by atoms with Gasteiger partial charge in [-0.25, -0.2) is 0 Å². The Morgan fingerprint density at radius 3 is 2.00 bits per heavy atom. The van der Waals surface area contributed by atoms with Crippen molar-refractivity contribution in [2.24, 2.45) is 17.4 Å². The highest BCUT2D eigenvalue weighted by Crippen LogP contribution is 2.40. The molecule has 0 heterocycles. The number of hydrogen-bond donors (Lipinski definition) is 2. The summed E-state index contributed by atoms with van der Waals surface area (Å²) in [5.74, 6) is 1.11. The average Bonchev–Trinajstić information content (AvgIpc) is 2.56. The molecular weight excluding hydrogens is 256 g/mol. The normalized spacial score (nSPS) is 22.4. The van der Waals surface area contributed by atoms with Gasteiger partial charge >= 0.3 is 0 Å². The van der Waals surface area contributed by atoms with Gasteiger partial charge < -0.3 is 11.5 Å². The average molecular weight is 286 g/mol. The Morgan fingerprint density at radius 2 is 1.33 bits per heavy atom. The van der Waals surface area contributed by atoms with Crippen LogP contribution in [0.5, 0.6) is 0 Å². The largest absolute Gasteiger partial charge is 0.309 e. The Morgan fingerprint density at radius 1 is 0.762 bits per heavy atom. The lowest BCUT2D eigenvalue weighted by atomic mass is 9.73. The summed E-state index contributed by atoms with van der Waals surface area (Å²) in [5, 5.41) is 0. The SMILES string of the molecule is NC(N)(c1ccccc1C1CCCCC1)C1CCCCC1. The summed E-state index contributed by atoms with van der Waals surface area (Å²) >= 11 is 0. The van der Waals surface area contributed by atoms with Crippen molar-refractivity contribution in [1.29, 1.82) is 0 Å². The molecule has 0 unspecified atom stereocenters. The van der Waals surface area contributed by atoms with Crippen LogP contribution in [-0.4, -0.2) is 0 Å². The lowest BCUT2D eigenvalue weighted by molar-refractivity contribution is 0.209. The van der Waals surface area contributed by atoms with Gasteiger partial charge in [0.1, 0.15) is 0 Å². The van der Waals surface area contributed by atoms with Crippen molar-refractivity contribution in [1.82, 2.24) is 0 Å². The molecule has 0 saturated heterocycles. The molecule has 21 heavy (non-hydrogen) atoms. The zero-order chi connectivity index (χ0) is 14.7. The van der Waals surface area contributed by atoms with E-state index in [0.29, 0.717) is 11.8 Å². The van der Waals surface area contributed by atoms with Crippen LogP contribution in [0.3, 0.4) is 0 Å². The molecular formula is C19H30N2. The molecule has 116 valence electrons. The van der Waals surface area contributed by atoms with Gasteiger partial charge in [-0.2, -0.15) is 0 Å². The Labute approximate surface area is 129 Å². The van der Waals surface area contributed by atoms with Gasteiger partial charge in [0.25, 0.3) is 0 Å². The molecule has 3 rings (SSSR count). The molecule has 4 N–H and O–H groups in total. The third kappa shape index (κ3) is 3.17. The van der Waals surface area contributed by atoms with Crippen molar-refractivity contribution < 1.29 is 0 Å². The molecule has 0 aromatic heterocycles. The van der Waals surface area contributed by atoms with E-state index in [-0.39, 0.29) is 0 Å². The molecule has 2 aliphatic carbocycles. The standard InChI is InChI=1S/C19H30N2/c20-19(21,16-11-5-2-6-12-16)18-14-8-7-13-17(18)15-9-3-1-4-10-15/h7-8,13-16H,1-6,9-12,20-21H2. The molecule has 0 spiro atoms. The van der Waals surface area contributed by atoms with Gasteiger partial charge in [0.05, 0.1) is 5.66 Å². The molecule has 0 amide bonds. The van der Waals surface area contributed by atoms with E-state index in [1.165, 1.54) is 75.3 Å². The second kappa shape index (κ2) is 6.50. The first-order chi connectivity index (χ1) is 10.2. The van der Waals surface area contributed by atoms with Crippen LogP contribution in [0.1, 0.15) is 81.3 Å². The highest BCUT2D eigenvalue weighted by Gasteiger charge is 2.36. The monoisotopic (exact) mass is 286 g/mol. The highest BCUT2D eigenvalue weighted by molar-refractivity contribution is 5.36. The Hall–Kier alpha value is -0.860. The van der Waals surface area contributed by atoms with Crippen LogP contribution in [0, 0.1) is 5.92 Å². The van der Waals surface area contributed by atoms with Crippen LogP contribution in [0.2, 0.25) is 0 Å². The Kier molecular flexibility index (Phi) is 4.66. The zero-order valence-electron chi connectivity index (χ0n) is 13.2. The van der Waals surface area contributed by atoms with Crippen molar-refractivity contribution in [2.75, 3.05) is 0 Å². The van der Waals surface area contributed by atoms with Crippen molar-refractivity contribution in [2.45, 2.75) is 75.8 Å². The minimum atomic E-state index is -0.644. The number of hydrogen-bond acceptors (Lipinski definition) is 2. The van der Waals surface area contributed by atoms with E-state index >= 15 is 0 Å². The molecule has 0 bridgehead atoms. The predicted octanol–water partition coefficient (Wildman–Crippen LogP) is 4.38. The molecule has 1 aromatic rings. The highest BCUT2D eigenvalue weighted by atomic mass is 15.0. The summed E-state index contributed by atoms with van der Waals surface area (Å²) in [6.45, 7) is 0. The molecule has 2 heteroatoms. The maximum Gasteiger partial charge on any atom is 0.0931 e. The summed E-state index contributed by atoms with van der Waals surface area (Å²) in [6.07, 6.45) is 13.0. The van der Waals surface area contributed by atoms with Crippen molar-refractivity contribution in [3.63, 3.8) is 0 Å². The smallest absolute Gasteiger partial charge is 0.0931 e. The van der Waals surface area contributed by atoms with Gasteiger partial charge in [0.15, 0.2) is 0 Å². The topological polar surface area (TPSA) is 52.0 Å². The van der Waals surface area contributed by atoms with Gasteiger partial charge in [0, 0.05) is 0 Å². The van der Waals surface area contributed by atoms with E-state index in [1.54, 1.807) is 0 Å². The second-order valence-corrected chi connectivity index (χ2v) is 7.19. The van der Waals surface area contributed by atoms with Gasteiger partial charge in [-0.05, 0) is 48.6 Å². The molecule has 2 aliphatic rings. The van der Waals surface area contributed by atoms with E-state index in [9.17, 15) is 0 Å². The minimum Gasteiger partial charge on any atom is -0.309 e. The fourth-order valence-electron chi connectivity index (χ4n) is 4.46. The van der Waals surface area contributed by atoms with Crippen LogP contribution >= 0.6 is 0 Å². The van der Waals surface area contributed by atoms with E-state index in [2.05, 4.69) is 24.3 Å². The number of benzene rings is 1. The summed E-state index contributed by atoms with van der Waals surface area (Å²) in [6, 6.07) is 8.74. The number of rotatable bonds is 3. The van der Waals surface area contributed by atoms with Gasteiger partial charge in [-0.1, -0.05) is 62.8 Å². The third-order valence-corrected chi connectivity index (χ3v) is 5.75. The summed E-state index contributed by atoms with van der Waals surface area (Å²) in [4.78, 5) is 0. The molecule has 0 aliphatic heterocycles. The van der Waals surface area contributed by atoms with E-state index in [4.69, 9.17) is 11.5 Å². The van der Waals surface area contributed by atoms with E-state index < -0.39 is 5.66 Å². The van der Waals surface area contributed by atoms with Crippen LogP contribution in [-0.2, 0) is 5.66 Å². The first kappa shape index (κ1) is 15.1. The molecule has 1 aromatic carbocycles. The maximum absolute atomic E-state index is 6.70. The second-order valence-electron chi connectivity index (χ2n) is 7.19. The molecule has 0 atom stereocenters. The van der Waals surface area contributed by atoms with Crippen LogP contribution in [0.25, 0.3) is 0 Å². The zero-order valence-corrected chi connectivity index (χ0v) is 13.2. The fraction of sp³-hybridized carbons (Fsp3) is 0.684. The first-order valence-electron chi connectivity index (χ1n) is 8.87. The lowest BCUT2D eigenvalue weighted by Crippen LogP contribution is -2.53. The summed E-state index contributed by atoms with van der Waals surface area (Å²) < 4.78 is 0. The maximum atomic E-state index is 6.70. The minimum absolute atomic E-state index is 0.441. The van der Waals surface area contributed by atoms with Crippen LogP contribution < -0.4 is 11.5 Å². The van der Waals surface area contributed by atoms with E-state index in [1.807, 2.05) is 0 Å². The van der Waals surface area contributed by atoms with Gasteiger partial charge in [0.2, 0.25) is 0 Å². The first-order valence-corrected chi connectivity index (χ1v) is 8.87. The Bertz CT molecular complexity index is 454. The lowest BCUT2D eigenvalue weighted by Gasteiger charge is -2.39. The fourth-order valence-corrected chi connectivity index (χ4v) is 4.46. The summed E-state index contributed by atoms with van der Waals surface area (Å²) in [7, 11) is 0. The molecule has 0 radical (unpaired) electrons. The van der Waals surface area contributed by atoms with Crippen molar-refractivity contribution >= 4 is 0 Å². The van der Waals surface area contributed by atoms with Gasteiger partial charge in [-0.3, -0.25) is 0 Å². The number of nitrogens with two attached hydrogens (primary N) is 2. The van der Waals surface area contributed by atoms with Crippen LogP contribution in [0.4, 0.5) is 0 Å². The summed E-state index contributed by atoms with van der Waals surface area (Å²) in [5.41, 5.74) is 15.4. The third-order valence-electron chi connectivity index (χ3n) is 5.75. The molecule has 2 fully saturated rings. The molecule has 2 nitrogen and oxygen atoms in total. The van der Waals surface area contributed by atoms with Crippen molar-refractivity contribution in [3.05, 3.63) is 35.4 Å². The van der Waals surface area contributed by atoms with Crippen LogP contribution in [0.15, 0.2) is 24.3 Å². The van der Waals surface area contributed by atoms with E-state index in [0.717, 1.165) is 0 Å². The van der Waals surface area contributed by atoms with Crippen molar-refractivity contribution in [3.8, 4) is 0 Å². The predicted molar refractivity (Wildman–Crippen MR) is 88.9 cm³/mol. The quantitative estimate of drug-likeness (QED) is 0.810. The molecule has 2 saturated carbocycles. The van der Waals surface area contributed by atoms with Gasteiger partial charge in [-0.15, -0.1) is 0 Å².